The molecule has 0 aliphatic rings. The highest BCUT2D eigenvalue weighted by atomic mass is 16.5. The molecule has 0 amide bonds. The van der Waals surface area contributed by atoms with E-state index in [9.17, 15) is 0 Å². The molecule has 0 aliphatic heterocycles. The molecule has 0 saturated heterocycles. The van der Waals surface area contributed by atoms with Crippen LogP contribution in [0, 0.1) is 0 Å². The molecule has 1 rings (SSSR count). The van der Waals surface area contributed by atoms with Crippen LogP contribution >= 0.6 is 0 Å². The maximum Gasteiger partial charge on any atom is 0.161 e. The second-order valence-corrected chi connectivity index (χ2v) is 3.64. The highest BCUT2D eigenvalue weighted by molar-refractivity contribution is 5.43. The topological polar surface area (TPSA) is 38.7 Å². The van der Waals surface area contributed by atoms with Gasteiger partial charge in [0, 0.05) is 0 Å². The van der Waals surface area contributed by atoms with E-state index in [1.165, 1.54) is 0 Å². The predicted octanol–water partition coefficient (Wildman–Crippen LogP) is 2.18. The molecule has 1 aromatic rings. The largest absolute Gasteiger partial charge is 0.493 e. The van der Waals surface area contributed by atoms with E-state index in [0.29, 0.717) is 11.5 Å². The van der Waals surface area contributed by atoms with Gasteiger partial charge in [0.2, 0.25) is 0 Å². The van der Waals surface area contributed by atoms with E-state index < -0.39 is 6.10 Å². The fourth-order valence-corrected chi connectivity index (χ4v) is 1.34. The molecular weight excluding hydrogens is 204 g/mol. The normalized spacial score (nSPS) is 11.9. The van der Waals surface area contributed by atoms with Crippen LogP contribution in [0.5, 0.6) is 11.5 Å². The molecule has 3 nitrogen and oxygen atoms in total. The first-order valence-corrected chi connectivity index (χ1v) is 5.26. The fourth-order valence-electron chi connectivity index (χ4n) is 1.34. The van der Waals surface area contributed by atoms with Crippen LogP contribution in [0.3, 0.4) is 0 Å². The molecule has 0 aromatic heterocycles. The van der Waals surface area contributed by atoms with Crippen LogP contribution in [0.15, 0.2) is 30.9 Å². The van der Waals surface area contributed by atoms with Gasteiger partial charge in [-0.3, -0.25) is 0 Å². The van der Waals surface area contributed by atoms with Crippen LogP contribution in [-0.4, -0.2) is 24.9 Å². The summed E-state index contributed by atoms with van der Waals surface area (Å²) in [4.78, 5) is 0. The number of aliphatic hydroxyl groups excluding tert-OH is 1. The summed E-state index contributed by atoms with van der Waals surface area (Å²) in [5.41, 5.74) is 1.12. The standard InChI is InChI=1S/C13H18O3/c1-4-5-11-6-7-12(13(8-11)15-3)16-9-10(2)14/h4,6-8,10,14H,1,5,9H2,2-3H3. The second kappa shape index (κ2) is 6.18. The molecule has 0 bridgehead atoms. The Hall–Kier alpha value is -1.48. The molecule has 1 atom stereocenters. The van der Waals surface area contributed by atoms with E-state index in [1.807, 2.05) is 24.3 Å². The maximum atomic E-state index is 9.14. The Morgan fingerprint density at radius 3 is 2.75 bits per heavy atom. The van der Waals surface area contributed by atoms with Crippen molar-refractivity contribution in [2.75, 3.05) is 13.7 Å². The van der Waals surface area contributed by atoms with Crippen molar-refractivity contribution in [1.82, 2.24) is 0 Å². The van der Waals surface area contributed by atoms with E-state index in [-0.39, 0.29) is 6.61 Å². The summed E-state index contributed by atoms with van der Waals surface area (Å²) in [6.07, 6.45) is 2.15. The number of hydrogen-bond acceptors (Lipinski definition) is 3. The van der Waals surface area contributed by atoms with Crippen molar-refractivity contribution in [2.24, 2.45) is 0 Å². The van der Waals surface area contributed by atoms with E-state index >= 15 is 0 Å². The molecule has 0 radical (unpaired) electrons. The molecule has 1 N–H and O–H groups in total. The Kier molecular flexibility index (Phi) is 4.86. The van der Waals surface area contributed by atoms with Crippen molar-refractivity contribution in [3.05, 3.63) is 36.4 Å². The lowest BCUT2D eigenvalue weighted by atomic mass is 10.1. The molecule has 1 aromatic carbocycles. The molecule has 0 saturated carbocycles. The van der Waals surface area contributed by atoms with Gasteiger partial charge in [-0.15, -0.1) is 6.58 Å². The Morgan fingerprint density at radius 1 is 1.44 bits per heavy atom. The Balaban J connectivity index is 2.79. The van der Waals surface area contributed by atoms with Gasteiger partial charge < -0.3 is 14.6 Å². The number of rotatable bonds is 6. The third-order valence-electron chi connectivity index (χ3n) is 2.09. The van der Waals surface area contributed by atoms with Crippen LogP contribution in [0.4, 0.5) is 0 Å². The SMILES string of the molecule is C=CCc1ccc(OCC(C)O)c(OC)c1. The van der Waals surface area contributed by atoms with Gasteiger partial charge in [-0.2, -0.15) is 0 Å². The average molecular weight is 222 g/mol. The lowest BCUT2D eigenvalue weighted by molar-refractivity contribution is 0.120. The molecule has 0 spiro atoms. The summed E-state index contributed by atoms with van der Waals surface area (Å²) in [7, 11) is 1.60. The van der Waals surface area contributed by atoms with Crippen molar-refractivity contribution in [2.45, 2.75) is 19.4 Å². The highest BCUT2D eigenvalue weighted by Crippen LogP contribution is 2.28. The fraction of sp³-hybridized carbons (Fsp3) is 0.385. The third-order valence-corrected chi connectivity index (χ3v) is 2.09. The minimum Gasteiger partial charge on any atom is -0.493 e. The Labute approximate surface area is 96.3 Å². The van der Waals surface area contributed by atoms with Gasteiger partial charge in [0.15, 0.2) is 11.5 Å². The number of methoxy groups -OCH3 is 1. The van der Waals surface area contributed by atoms with Crippen LogP contribution in [0.1, 0.15) is 12.5 Å². The predicted molar refractivity (Wildman–Crippen MR) is 64.1 cm³/mol. The molecule has 0 fully saturated rings. The van der Waals surface area contributed by atoms with E-state index in [1.54, 1.807) is 14.0 Å². The summed E-state index contributed by atoms with van der Waals surface area (Å²) in [6, 6.07) is 5.72. The van der Waals surface area contributed by atoms with Crippen LogP contribution in [0.2, 0.25) is 0 Å². The van der Waals surface area contributed by atoms with Gasteiger partial charge in [-0.05, 0) is 31.0 Å². The van der Waals surface area contributed by atoms with Crippen molar-refractivity contribution in [1.29, 1.82) is 0 Å². The first kappa shape index (κ1) is 12.6. The van der Waals surface area contributed by atoms with Gasteiger partial charge in [-0.25, -0.2) is 0 Å². The van der Waals surface area contributed by atoms with Crippen LogP contribution in [-0.2, 0) is 6.42 Å². The van der Waals surface area contributed by atoms with Crippen molar-refractivity contribution in [3.8, 4) is 11.5 Å². The minimum atomic E-state index is -0.488. The number of aliphatic hydroxyl groups is 1. The second-order valence-electron chi connectivity index (χ2n) is 3.64. The van der Waals surface area contributed by atoms with Gasteiger partial charge in [0.1, 0.15) is 6.61 Å². The van der Waals surface area contributed by atoms with Gasteiger partial charge >= 0.3 is 0 Å². The molecule has 16 heavy (non-hydrogen) atoms. The first-order chi connectivity index (χ1) is 7.67. The number of ether oxygens (including phenoxy) is 2. The zero-order valence-corrected chi connectivity index (χ0v) is 9.77. The third kappa shape index (κ3) is 3.59. The quantitative estimate of drug-likeness (QED) is 0.750. The van der Waals surface area contributed by atoms with Crippen LogP contribution in [0.25, 0.3) is 0 Å². The number of hydrogen-bond donors (Lipinski definition) is 1. The van der Waals surface area contributed by atoms with Gasteiger partial charge in [0.05, 0.1) is 13.2 Å². The average Bonchev–Trinajstić information content (AvgIpc) is 2.27. The first-order valence-electron chi connectivity index (χ1n) is 5.26. The molecule has 0 aliphatic carbocycles. The van der Waals surface area contributed by atoms with Crippen molar-refractivity contribution < 1.29 is 14.6 Å². The van der Waals surface area contributed by atoms with Crippen molar-refractivity contribution in [3.63, 3.8) is 0 Å². The van der Waals surface area contributed by atoms with E-state index in [0.717, 1.165) is 12.0 Å². The van der Waals surface area contributed by atoms with Crippen molar-refractivity contribution >= 4 is 0 Å². The molecule has 0 heterocycles. The summed E-state index contributed by atoms with van der Waals surface area (Å²) in [5, 5.41) is 9.14. The highest BCUT2D eigenvalue weighted by Gasteiger charge is 2.06. The smallest absolute Gasteiger partial charge is 0.161 e. The van der Waals surface area contributed by atoms with E-state index in [2.05, 4.69) is 6.58 Å². The molecule has 3 heteroatoms. The summed E-state index contributed by atoms with van der Waals surface area (Å²) >= 11 is 0. The summed E-state index contributed by atoms with van der Waals surface area (Å²) in [6.45, 7) is 5.63. The zero-order valence-electron chi connectivity index (χ0n) is 9.77. The lowest BCUT2D eigenvalue weighted by Crippen LogP contribution is -2.13. The lowest BCUT2D eigenvalue weighted by Gasteiger charge is -2.12. The zero-order chi connectivity index (χ0) is 12.0. The van der Waals surface area contributed by atoms with Gasteiger partial charge in [0.25, 0.3) is 0 Å². The molecular formula is C13H18O3. The Bertz CT molecular complexity index is 345. The number of allylic oxidation sites excluding steroid dienone is 1. The summed E-state index contributed by atoms with van der Waals surface area (Å²) < 4.78 is 10.6. The summed E-state index contributed by atoms with van der Waals surface area (Å²) in [5.74, 6) is 1.33. The molecule has 88 valence electrons. The maximum absolute atomic E-state index is 9.14. The van der Waals surface area contributed by atoms with Crippen LogP contribution < -0.4 is 9.47 Å². The number of benzene rings is 1. The van der Waals surface area contributed by atoms with E-state index in [4.69, 9.17) is 14.6 Å². The molecule has 1 unspecified atom stereocenters. The van der Waals surface area contributed by atoms with Gasteiger partial charge in [-0.1, -0.05) is 12.1 Å². The monoisotopic (exact) mass is 222 g/mol. The Morgan fingerprint density at radius 2 is 2.19 bits per heavy atom. The minimum absolute atomic E-state index is 0.261.